The fourth-order valence-electron chi connectivity index (χ4n) is 2.20. The minimum Gasteiger partial charge on any atom is -0.383 e. The van der Waals surface area contributed by atoms with E-state index in [9.17, 15) is 9.90 Å². The van der Waals surface area contributed by atoms with Gasteiger partial charge in [0.05, 0.1) is 6.54 Å². The van der Waals surface area contributed by atoms with Gasteiger partial charge in [-0.2, -0.15) is 0 Å². The number of aliphatic hydroxyl groups is 1. The molecule has 2 rings (SSSR count). The van der Waals surface area contributed by atoms with Crippen molar-refractivity contribution in [2.75, 3.05) is 6.54 Å². The van der Waals surface area contributed by atoms with Crippen LogP contribution in [0.5, 0.6) is 0 Å². The lowest BCUT2D eigenvalue weighted by molar-refractivity contribution is -0.140. The second-order valence-corrected chi connectivity index (χ2v) is 5.01. The van der Waals surface area contributed by atoms with Gasteiger partial charge < -0.3 is 14.6 Å². The molecule has 1 aromatic carbocycles. The Morgan fingerprint density at radius 1 is 1.38 bits per heavy atom. The molecule has 0 fully saturated rings. The Morgan fingerprint density at radius 2 is 2.10 bits per heavy atom. The number of carbonyl (C=O) groups is 1. The molecular formula is C16H21N3O2. The van der Waals surface area contributed by atoms with Crippen LogP contribution in [0.2, 0.25) is 0 Å². The molecule has 21 heavy (non-hydrogen) atoms. The van der Waals surface area contributed by atoms with E-state index >= 15 is 0 Å². The summed E-state index contributed by atoms with van der Waals surface area (Å²) in [5, 5.41) is 10.2. The Kier molecular flexibility index (Phi) is 5.11. The van der Waals surface area contributed by atoms with Crippen LogP contribution in [0.25, 0.3) is 0 Å². The van der Waals surface area contributed by atoms with E-state index in [0.717, 1.165) is 11.4 Å². The number of hydrogen-bond donors (Lipinski definition) is 1. The number of aryl methyl sites for hydroxylation is 1. The van der Waals surface area contributed by atoms with Gasteiger partial charge in [-0.05, 0) is 12.5 Å². The van der Waals surface area contributed by atoms with E-state index in [4.69, 9.17) is 0 Å². The fourth-order valence-corrected chi connectivity index (χ4v) is 2.20. The van der Waals surface area contributed by atoms with E-state index in [1.807, 2.05) is 55.1 Å². The van der Waals surface area contributed by atoms with Gasteiger partial charge in [0.25, 0.3) is 5.91 Å². The average Bonchev–Trinajstić information content (AvgIpc) is 2.90. The van der Waals surface area contributed by atoms with E-state index in [1.54, 1.807) is 11.1 Å². The van der Waals surface area contributed by atoms with Crippen LogP contribution in [-0.4, -0.2) is 38.1 Å². The monoisotopic (exact) mass is 287 g/mol. The van der Waals surface area contributed by atoms with Crippen molar-refractivity contribution in [3.63, 3.8) is 0 Å². The first-order valence-corrected chi connectivity index (χ1v) is 7.08. The van der Waals surface area contributed by atoms with E-state index in [1.165, 1.54) is 0 Å². The lowest BCUT2D eigenvalue weighted by Gasteiger charge is -2.23. The molecule has 1 aromatic heterocycles. The van der Waals surface area contributed by atoms with Gasteiger partial charge in [-0.1, -0.05) is 30.3 Å². The molecule has 0 aliphatic rings. The first-order valence-electron chi connectivity index (χ1n) is 7.08. The zero-order valence-corrected chi connectivity index (χ0v) is 12.4. The minimum absolute atomic E-state index is 0.260. The average molecular weight is 287 g/mol. The summed E-state index contributed by atoms with van der Waals surface area (Å²) in [6, 6.07) is 9.53. The summed E-state index contributed by atoms with van der Waals surface area (Å²) in [5.41, 5.74) is 0.950. The standard InChI is InChI=1S/C16H21N3O2/c1-3-19(12-15-17-9-10-18(15)2)16(21)14(20)11-13-7-5-4-6-8-13/h4-10,14,20H,3,11-12H2,1-2H3/t14-/m0/s1. The Labute approximate surface area is 124 Å². The van der Waals surface area contributed by atoms with Gasteiger partial charge in [-0.15, -0.1) is 0 Å². The third-order valence-corrected chi connectivity index (χ3v) is 3.50. The summed E-state index contributed by atoms with van der Waals surface area (Å²) in [6.07, 6.45) is 2.85. The molecule has 0 spiro atoms. The molecule has 0 saturated carbocycles. The maximum absolute atomic E-state index is 12.4. The van der Waals surface area contributed by atoms with Crippen molar-refractivity contribution in [2.45, 2.75) is 26.0 Å². The number of benzene rings is 1. The van der Waals surface area contributed by atoms with Crippen LogP contribution in [0.1, 0.15) is 18.3 Å². The lowest BCUT2D eigenvalue weighted by Crippen LogP contribution is -2.40. The number of amides is 1. The molecule has 5 nitrogen and oxygen atoms in total. The van der Waals surface area contributed by atoms with Gasteiger partial charge in [-0.3, -0.25) is 4.79 Å². The highest BCUT2D eigenvalue weighted by molar-refractivity contribution is 5.80. The van der Waals surface area contributed by atoms with Crippen molar-refractivity contribution in [1.82, 2.24) is 14.5 Å². The topological polar surface area (TPSA) is 58.4 Å². The molecule has 0 saturated heterocycles. The van der Waals surface area contributed by atoms with Crippen LogP contribution in [0.3, 0.4) is 0 Å². The van der Waals surface area contributed by atoms with Gasteiger partial charge in [-0.25, -0.2) is 4.98 Å². The van der Waals surface area contributed by atoms with Gasteiger partial charge in [0.2, 0.25) is 0 Å². The van der Waals surface area contributed by atoms with Crippen molar-refractivity contribution in [3.05, 3.63) is 54.1 Å². The fraction of sp³-hybridized carbons (Fsp3) is 0.375. The predicted molar refractivity (Wildman–Crippen MR) is 80.5 cm³/mol. The lowest BCUT2D eigenvalue weighted by atomic mass is 10.1. The summed E-state index contributed by atoms with van der Waals surface area (Å²) < 4.78 is 1.87. The Balaban J connectivity index is 2.00. The number of rotatable bonds is 6. The maximum atomic E-state index is 12.4. The second kappa shape index (κ2) is 7.04. The molecule has 2 aromatic rings. The zero-order chi connectivity index (χ0) is 15.2. The van der Waals surface area contributed by atoms with Gasteiger partial charge >= 0.3 is 0 Å². The number of likely N-dealkylation sites (N-methyl/N-ethyl adjacent to an activating group) is 1. The van der Waals surface area contributed by atoms with Crippen LogP contribution in [0, 0.1) is 0 Å². The number of aliphatic hydroxyl groups excluding tert-OH is 1. The summed E-state index contributed by atoms with van der Waals surface area (Å²) in [4.78, 5) is 18.2. The molecule has 112 valence electrons. The Morgan fingerprint density at radius 3 is 2.67 bits per heavy atom. The molecule has 0 aliphatic carbocycles. The normalized spacial score (nSPS) is 12.1. The first kappa shape index (κ1) is 15.3. The smallest absolute Gasteiger partial charge is 0.252 e. The van der Waals surface area contributed by atoms with Gasteiger partial charge in [0.1, 0.15) is 11.9 Å². The molecular weight excluding hydrogens is 266 g/mol. The highest BCUT2D eigenvalue weighted by Gasteiger charge is 2.22. The Hall–Kier alpha value is -2.14. The van der Waals surface area contributed by atoms with Crippen LogP contribution >= 0.6 is 0 Å². The zero-order valence-electron chi connectivity index (χ0n) is 12.4. The van der Waals surface area contributed by atoms with Crippen molar-refractivity contribution >= 4 is 5.91 Å². The number of hydrogen-bond acceptors (Lipinski definition) is 3. The molecule has 0 radical (unpaired) electrons. The quantitative estimate of drug-likeness (QED) is 0.873. The summed E-state index contributed by atoms with van der Waals surface area (Å²) >= 11 is 0. The molecule has 1 heterocycles. The minimum atomic E-state index is -1.02. The molecule has 1 amide bonds. The third kappa shape index (κ3) is 3.92. The van der Waals surface area contributed by atoms with Gasteiger partial charge in [0, 0.05) is 32.4 Å². The van der Waals surface area contributed by atoms with Crippen molar-refractivity contribution in [1.29, 1.82) is 0 Å². The van der Waals surface area contributed by atoms with Crippen molar-refractivity contribution in [2.24, 2.45) is 7.05 Å². The maximum Gasteiger partial charge on any atom is 0.252 e. The van der Waals surface area contributed by atoms with Crippen LogP contribution in [-0.2, 0) is 24.8 Å². The van der Waals surface area contributed by atoms with Gasteiger partial charge in [0.15, 0.2) is 0 Å². The van der Waals surface area contributed by atoms with E-state index in [0.29, 0.717) is 19.5 Å². The summed E-state index contributed by atoms with van der Waals surface area (Å²) in [7, 11) is 1.89. The number of aromatic nitrogens is 2. The van der Waals surface area contributed by atoms with E-state index < -0.39 is 6.10 Å². The summed E-state index contributed by atoms with van der Waals surface area (Å²) in [6.45, 7) is 2.85. The second-order valence-electron chi connectivity index (χ2n) is 5.01. The highest BCUT2D eigenvalue weighted by atomic mass is 16.3. The SMILES string of the molecule is CCN(Cc1nccn1C)C(=O)[C@@H](O)Cc1ccccc1. The number of imidazole rings is 1. The third-order valence-electron chi connectivity index (χ3n) is 3.50. The van der Waals surface area contributed by atoms with E-state index in [2.05, 4.69) is 4.98 Å². The van der Waals surface area contributed by atoms with Crippen molar-refractivity contribution in [3.8, 4) is 0 Å². The molecule has 5 heteroatoms. The van der Waals surface area contributed by atoms with Crippen LogP contribution in [0.4, 0.5) is 0 Å². The number of nitrogens with zero attached hydrogens (tertiary/aromatic N) is 3. The molecule has 0 bridgehead atoms. The number of carbonyl (C=O) groups excluding carboxylic acids is 1. The van der Waals surface area contributed by atoms with Crippen LogP contribution < -0.4 is 0 Å². The predicted octanol–water partition coefficient (Wildman–Crippen LogP) is 1.37. The van der Waals surface area contributed by atoms with Crippen molar-refractivity contribution < 1.29 is 9.90 Å². The molecule has 0 unspecified atom stereocenters. The highest BCUT2D eigenvalue weighted by Crippen LogP contribution is 2.08. The van der Waals surface area contributed by atoms with E-state index in [-0.39, 0.29) is 5.91 Å². The summed E-state index contributed by atoms with van der Waals surface area (Å²) in [5.74, 6) is 0.543. The largest absolute Gasteiger partial charge is 0.383 e. The Bertz CT molecular complexity index is 580. The first-order chi connectivity index (χ1) is 10.1. The molecule has 1 atom stereocenters. The van der Waals surface area contributed by atoms with Crippen LogP contribution in [0.15, 0.2) is 42.7 Å². The molecule has 1 N–H and O–H groups in total. The molecule has 0 aliphatic heterocycles.